The standard InChI is InChI=1S/C60H39NO/c1-4-19-39(20-5-1)56(50-37-40-21-10-11-26-44(40)45-27-12-13-28-46(45)50)41-35-36-48-47-29-14-16-31-51(47)60(53(48)38-41)52-32-18-33-54(57(52)59-58(60)49-30-15-17-34-55(49)62-59)61(42-22-6-2-7-23-42)43-24-8-3-9-25-43/h1-38,56H. The zero-order valence-corrected chi connectivity index (χ0v) is 33.9. The summed E-state index contributed by atoms with van der Waals surface area (Å²) in [4.78, 5) is 2.39. The Labute approximate surface area is 360 Å². The summed E-state index contributed by atoms with van der Waals surface area (Å²) in [5.74, 6) is 0.901. The predicted octanol–water partition coefficient (Wildman–Crippen LogP) is 15.7. The van der Waals surface area contributed by atoms with Gasteiger partial charge < -0.3 is 9.32 Å². The van der Waals surface area contributed by atoms with Crippen LogP contribution in [0, 0.1) is 0 Å². The van der Waals surface area contributed by atoms with E-state index in [-0.39, 0.29) is 5.92 Å². The van der Waals surface area contributed by atoms with Crippen molar-refractivity contribution in [3.8, 4) is 22.5 Å². The molecule has 62 heavy (non-hydrogen) atoms. The molecule has 0 amide bonds. The summed E-state index contributed by atoms with van der Waals surface area (Å²) in [5.41, 5.74) is 16.0. The van der Waals surface area contributed by atoms with Crippen LogP contribution in [0.15, 0.2) is 235 Å². The average Bonchev–Trinajstić information content (AvgIpc) is 3.96. The Bertz CT molecular complexity index is 3490. The topological polar surface area (TPSA) is 16.4 Å². The highest BCUT2D eigenvalue weighted by Crippen LogP contribution is 2.67. The first-order valence-corrected chi connectivity index (χ1v) is 21.5. The van der Waals surface area contributed by atoms with Crippen molar-refractivity contribution in [3.05, 3.63) is 269 Å². The van der Waals surface area contributed by atoms with Gasteiger partial charge in [-0.1, -0.05) is 188 Å². The number of furan rings is 1. The van der Waals surface area contributed by atoms with Gasteiger partial charge in [0.15, 0.2) is 0 Å². The van der Waals surface area contributed by atoms with Crippen LogP contribution in [0.3, 0.4) is 0 Å². The summed E-state index contributed by atoms with van der Waals surface area (Å²) in [7, 11) is 0. The van der Waals surface area contributed by atoms with Gasteiger partial charge in [0, 0.05) is 33.8 Å². The second-order valence-corrected chi connectivity index (χ2v) is 16.7. The number of nitrogens with zero attached hydrogens (tertiary/aromatic N) is 1. The summed E-state index contributed by atoms with van der Waals surface area (Å²) in [6.45, 7) is 0. The van der Waals surface area contributed by atoms with Gasteiger partial charge in [0.2, 0.25) is 0 Å². The maximum Gasteiger partial charge on any atom is 0.142 e. The largest absolute Gasteiger partial charge is 0.456 e. The lowest BCUT2D eigenvalue weighted by Crippen LogP contribution is -2.26. The van der Waals surface area contributed by atoms with E-state index >= 15 is 0 Å². The molecule has 0 aliphatic heterocycles. The monoisotopic (exact) mass is 789 g/mol. The third kappa shape index (κ3) is 4.86. The lowest BCUT2D eigenvalue weighted by atomic mass is 9.69. The first-order chi connectivity index (χ1) is 30.8. The fourth-order valence-corrected chi connectivity index (χ4v) is 11.1. The lowest BCUT2D eigenvalue weighted by Gasteiger charge is -2.32. The van der Waals surface area contributed by atoms with Crippen molar-refractivity contribution in [2.24, 2.45) is 0 Å². The van der Waals surface area contributed by atoms with Crippen molar-refractivity contribution in [1.29, 1.82) is 0 Å². The van der Waals surface area contributed by atoms with Crippen LogP contribution in [0.1, 0.15) is 44.9 Å². The molecule has 13 rings (SSSR count). The van der Waals surface area contributed by atoms with Gasteiger partial charge in [0.05, 0.1) is 11.1 Å². The summed E-state index contributed by atoms with van der Waals surface area (Å²) in [6, 6.07) is 84.7. The lowest BCUT2D eigenvalue weighted by molar-refractivity contribution is 0.628. The van der Waals surface area contributed by atoms with Crippen molar-refractivity contribution >= 4 is 49.6 Å². The Morgan fingerprint density at radius 3 is 1.77 bits per heavy atom. The number of hydrogen-bond acceptors (Lipinski definition) is 2. The Hall–Kier alpha value is -7.94. The van der Waals surface area contributed by atoms with Crippen LogP contribution < -0.4 is 4.90 Å². The minimum absolute atomic E-state index is 0.0313. The number of fused-ring (bicyclic) bond motifs is 15. The molecule has 2 aliphatic carbocycles. The second kappa shape index (κ2) is 13.5. The normalized spacial score (nSPS) is 15.1. The molecule has 2 unspecified atom stereocenters. The van der Waals surface area contributed by atoms with Gasteiger partial charge in [-0.05, 0) is 109 Å². The van der Waals surface area contributed by atoms with Gasteiger partial charge in [-0.2, -0.15) is 0 Å². The summed E-state index contributed by atoms with van der Waals surface area (Å²) < 4.78 is 7.20. The van der Waals surface area contributed by atoms with E-state index in [0.29, 0.717) is 0 Å². The molecule has 0 saturated heterocycles. The van der Waals surface area contributed by atoms with E-state index in [1.807, 2.05) is 0 Å². The van der Waals surface area contributed by atoms with Crippen LogP contribution in [-0.4, -0.2) is 0 Å². The number of hydrogen-bond donors (Lipinski definition) is 0. The molecule has 1 aromatic heterocycles. The molecule has 1 spiro atoms. The third-order valence-electron chi connectivity index (χ3n) is 13.6. The Morgan fingerprint density at radius 2 is 1.00 bits per heavy atom. The summed E-state index contributed by atoms with van der Waals surface area (Å²) >= 11 is 0. The SMILES string of the molecule is c1ccc(C(c2ccc3c(c2)C2(c4ccccc4-3)c3cccc(N(c4ccccc4)c4ccccc4)c3-c3oc4ccccc4c32)c2cc3ccccc3c3ccccc23)cc1. The minimum Gasteiger partial charge on any atom is -0.456 e. The van der Waals surface area contributed by atoms with Crippen molar-refractivity contribution in [1.82, 2.24) is 0 Å². The van der Waals surface area contributed by atoms with Crippen LogP contribution in [0.5, 0.6) is 0 Å². The summed E-state index contributed by atoms with van der Waals surface area (Å²) in [6.07, 6.45) is 0. The van der Waals surface area contributed by atoms with Gasteiger partial charge >= 0.3 is 0 Å². The molecule has 2 nitrogen and oxygen atoms in total. The molecule has 10 aromatic carbocycles. The predicted molar refractivity (Wildman–Crippen MR) is 256 cm³/mol. The minimum atomic E-state index is -0.652. The second-order valence-electron chi connectivity index (χ2n) is 16.7. The molecular formula is C60H39NO. The van der Waals surface area contributed by atoms with Crippen LogP contribution in [0.4, 0.5) is 17.1 Å². The van der Waals surface area contributed by atoms with Gasteiger partial charge in [-0.25, -0.2) is 0 Å². The molecular weight excluding hydrogens is 751 g/mol. The molecule has 2 heteroatoms. The molecule has 1 heterocycles. The van der Waals surface area contributed by atoms with E-state index < -0.39 is 5.41 Å². The van der Waals surface area contributed by atoms with Crippen LogP contribution in [0.2, 0.25) is 0 Å². The highest BCUT2D eigenvalue weighted by atomic mass is 16.3. The van der Waals surface area contributed by atoms with Gasteiger partial charge in [0.1, 0.15) is 11.3 Å². The number of anilines is 3. The fraction of sp³-hybridized carbons (Fsp3) is 0.0333. The van der Waals surface area contributed by atoms with Crippen molar-refractivity contribution in [3.63, 3.8) is 0 Å². The Kier molecular flexibility index (Phi) is 7.62. The van der Waals surface area contributed by atoms with E-state index in [0.717, 1.165) is 39.4 Å². The quantitative estimate of drug-likeness (QED) is 0.123. The Morgan fingerprint density at radius 1 is 0.403 bits per heavy atom. The molecule has 0 bridgehead atoms. The average molecular weight is 790 g/mol. The zero-order valence-electron chi connectivity index (χ0n) is 33.9. The van der Waals surface area contributed by atoms with Crippen LogP contribution in [-0.2, 0) is 5.41 Å². The molecule has 0 saturated carbocycles. The van der Waals surface area contributed by atoms with E-state index in [1.165, 1.54) is 71.6 Å². The van der Waals surface area contributed by atoms with E-state index in [4.69, 9.17) is 4.42 Å². The highest BCUT2D eigenvalue weighted by molar-refractivity contribution is 6.10. The molecule has 11 aromatic rings. The van der Waals surface area contributed by atoms with Crippen LogP contribution >= 0.6 is 0 Å². The fourth-order valence-electron chi connectivity index (χ4n) is 11.1. The van der Waals surface area contributed by atoms with Gasteiger partial charge in [-0.15, -0.1) is 0 Å². The first-order valence-electron chi connectivity index (χ1n) is 21.5. The van der Waals surface area contributed by atoms with Gasteiger partial charge in [0.25, 0.3) is 0 Å². The smallest absolute Gasteiger partial charge is 0.142 e. The molecule has 0 fully saturated rings. The molecule has 0 radical (unpaired) electrons. The number of benzene rings is 10. The molecule has 2 atom stereocenters. The number of rotatable bonds is 6. The highest BCUT2D eigenvalue weighted by Gasteiger charge is 2.55. The maximum atomic E-state index is 7.20. The maximum absolute atomic E-state index is 7.20. The molecule has 0 N–H and O–H groups in total. The third-order valence-corrected chi connectivity index (χ3v) is 13.6. The van der Waals surface area contributed by atoms with Crippen molar-refractivity contribution in [2.75, 3.05) is 4.90 Å². The summed E-state index contributed by atoms with van der Waals surface area (Å²) in [5, 5.41) is 6.23. The van der Waals surface area contributed by atoms with Crippen LogP contribution in [0.25, 0.3) is 55.0 Å². The van der Waals surface area contributed by atoms with Gasteiger partial charge in [-0.3, -0.25) is 0 Å². The zero-order chi connectivity index (χ0) is 40.8. The molecule has 2 aliphatic rings. The van der Waals surface area contributed by atoms with Crippen molar-refractivity contribution < 1.29 is 4.42 Å². The van der Waals surface area contributed by atoms with Crippen molar-refractivity contribution in [2.45, 2.75) is 11.3 Å². The van der Waals surface area contributed by atoms with E-state index in [1.54, 1.807) is 0 Å². The van der Waals surface area contributed by atoms with E-state index in [2.05, 4.69) is 235 Å². The molecule has 290 valence electrons. The first kappa shape index (κ1) is 34.9. The Balaban J connectivity index is 1.14. The number of para-hydroxylation sites is 3. The van der Waals surface area contributed by atoms with E-state index in [9.17, 15) is 0 Å².